The Morgan fingerprint density at radius 1 is 0.432 bits per heavy atom. The SMILES string of the molecule is CC1(C)c2ccccc2-c2cccc(N(c3ccc(-c4ccccc4)cc3)c3cccc(-c4cccc5ccccc45)c3)c21. The second-order valence-corrected chi connectivity index (χ2v) is 12.2. The van der Waals surface area contributed by atoms with Crippen LogP contribution in [0, 0.1) is 0 Å². The van der Waals surface area contributed by atoms with Gasteiger partial charge < -0.3 is 4.90 Å². The lowest BCUT2D eigenvalue weighted by Crippen LogP contribution is -2.20. The molecule has 0 saturated heterocycles. The Labute approximate surface area is 259 Å². The summed E-state index contributed by atoms with van der Waals surface area (Å²) < 4.78 is 0. The summed E-state index contributed by atoms with van der Waals surface area (Å²) in [5, 5.41) is 2.52. The van der Waals surface area contributed by atoms with Crippen LogP contribution in [0.2, 0.25) is 0 Å². The second kappa shape index (κ2) is 10.4. The van der Waals surface area contributed by atoms with Gasteiger partial charge in [0.15, 0.2) is 0 Å². The van der Waals surface area contributed by atoms with Gasteiger partial charge in [-0.3, -0.25) is 0 Å². The Kier molecular flexibility index (Phi) is 6.20. The summed E-state index contributed by atoms with van der Waals surface area (Å²) in [7, 11) is 0. The van der Waals surface area contributed by atoms with Crippen molar-refractivity contribution in [3.05, 3.63) is 175 Å². The van der Waals surface area contributed by atoms with Crippen molar-refractivity contribution in [1.29, 1.82) is 0 Å². The minimum atomic E-state index is -0.141. The monoisotopic (exact) mass is 563 g/mol. The molecule has 7 aromatic rings. The van der Waals surface area contributed by atoms with Crippen LogP contribution in [-0.2, 0) is 5.41 Å². The molecule has 0 heterocycles. The zero-order chi connectivity index (χ0) is 29.7. The van der Waals surface area contributed by atoms with E-state index in [9.17, 15) is 0 Å². The van der Waals surface area contributed by atoms with Gasteiger partial charge in [0, 0.05) is 16.8 Å². The van der Waals surface area contributed by atoms with Crippen LogP contribution >= 0.6 is 0 Å². The standard InChI is InChI=1S/C43H33N/c1-43(2)40-23-9-8-20-38(40)39-22-12-24-41(42(39)43)44(34-27-25-31(26-28-34)30-13-4-3-5-14-30)35-18-10-17-33(29-35)37-21-11-16-32-15-6-7-19-36(32)37/h3-29H,1-2H3. The Morgan fingerprint density at radius 3 is 1.91 bits per heavy atom. The molecule has 0 radical (unpaired) electrons. The summed E-state index contributed by atoms with van der Waals surface area (Å²) in [6.45, 7) is 4.73. The molecule has 0 saturated carbocycles. The van der Waals surface area contributed by atoms with Gasteiger partial charge >= 0.3 is 0 Å². The van der Waals surface area contributed by atoms with E-state index < -0.39 is 0 Å². The fourth-order valence-electron chi connectivity index (χ4n) is 7.16. The number of anilines is 3. The molecule has 7 aromatic carbocycles. The first-order valence-electron chi connectivity index (χ1n) is 15.4. The molecule has 0 atom stereocenters. The molecule has 1 aliphatic rings. The smallest absolute Gasteiger partial charge is 0.0508 e. The van der Waals surface area contributed by atoms with E-state index in [-0.39, 0.29) is 5.41 Å². The lowest BCUT2D eigenvalue weighted by atomic mass is 9.81. The van der Waals surface area contributed by atoms with Gasteiger partial charge in [-0.1, -0.05) is 147 Å². The van der Waals surface area contributed by atoms with Crippen molar-refractivity contribution in [2.45, 2.75) is 19.3 Å². The molecule has 210 valence electrons. The highest BCUT2D eigenvalue weighted by molar-refractivity contribution is 5.98. The third kappa shape index (κ3) is 4.24. The van der Waals surface area contributed by atoms with Crippen LogP contribution in [0.1, 0.15) is 25.0 Å². The van der Waals surface area contributed by atoms with Crippen molar-refractivity contribution >= 4 is 27.8 Å². The van der Waals surface area contributed by atoms with E-state index in [1.807, 2.05) is 0 Å². The summed E-state index contributed by atoms with van der Waals surface area (Å²) in [5.41, 5.74) is 13.6. The third-order valence-corrected chi connectivity index (χ3v) is 9.24. The van der Waals surface area contributed by atoms with Crippen molar-refractivity contribution < 1.29 is 0 Å². The summed E-state index contributed by atoms with van der Waals surface area (Å²) in [6, 6.07) is 59.6. The summed E-state index contributed by atoms with van der Waals surface area (Å²) in [5.74, 6) is 0. The fraction of sp³-hybridized carbons (Fsp3) is 0.0698. The maximum absolute atomic E-state index is 2.45. The van der Waals surface area contributed by atoms with E-state index >= 15 is 0 Å². The predicted octanol–water partition coefficient (Wildman–Crippen LogP) is 11.9. The van der Waals surface area contributed by atoms with Gasteiger partial charge in [0.1, 0.15) is 0 Å². The van der Waals surface area contributed by atoms with Crippen LogP contribution in [0.4, 0.5) is 17.1 Å². The average Bonchev–Trinajstić information content (AvgIpc) is 3.32. The van der Waals surface area contributed by atoms with Crippen LogP contribution in [0.3, 0.4) is 0 Å². The minimum absolute atomic E-state index is 0.141. The van der Waals surface area contributed by atoms with Crippen molar-refractivity contribution in [2.24, 2.45) is 0 Å². The van der Waals surface area contributed by atoms with Gasteiger partial charge in [-0.2, -0.15) is 0 Å². The molecule has 1 nitrogen and oxygen atoms in total. The first-order chi connectivity index (χ1) is 21.6. The number of rotatable bonds is 5. The van der Waals surface area contributed by atoms with E-state index in [4.69, 9.17) is 0 Å². The number of fused-ring (bicyclic) bond motifs is 4. The number of hydrogen-bond donors (Lipinski definition) is 0. The normalized spacial score (nSPS) is 13.0. The zero-order valence-corrected chi connectivity index (χ0v) is 25.0. The molecular weight excluding hydrogens is 530 g/mol. The Balaban J connectivity index is 1.34. The fourth-order valence-corrected chi connectivity index (χ4v) is 7.16. The quantitative estimate of drug-likeness (QED) is 0.201. The maximum atomic E-state index is 2.45. The van der Waals surface area contributed by atoms with Gasteiger partial charge in [-0.15, -0.1) is 0 Å². The topological polar surface area (TPSA) is 3.24 Å². The zero-order valence-electron chi connectivity index (χ0n) is 25.0. The Bertz CT molecular complexity index is 2130. The summed E-state index contributed by atoms with van der Waals surface area (Å²) in [6.07, 6.45) is 0. The first kappa shape index (κ1) is 26.2. The van der Waals surface area contributed by atoms with Crippen LogP contribution in [0.25, 0.3) is 44.2 Å². The average molecular weight is 564 g/mol. The Morgan fingerprint density at radius 2 is 1.05 bits per heavy atom. The Hall–Kier alpha value is -5.40. The summed E-state index contributed by atoms with van der Waals surface area (Å²) in [4.78, 5) is 2.45. The van der Waals surface area contributed by atoms with Gasteiger partial charge in [0.05, 0.1) is 5.69 Å². The van der Waals surface area contributed by atoms with Crippen molar-refractivity contribution in [1.82, 2.24) is 0 Å². The molecule has 44 heavy (non-hydrogen) atoms. The lowest BCUT2D eigenvalue weighted by molar-refractivity contribution is 0.661. The highest BCUT2D eigenvalue weighted by atomic mass is 15.1. The molecule has 0 unspecified atom stereocenters. The summed E-state index contributed by atoms with van der Waals surface area (Å²) >= 11 is 0. The molecule has 1 heteroatoms. The predicted molar refractivity (Wildman–Crippen MR) is 187 cm³/mol. The first-order valence-corrected chi connectivity index (χ1v) is 15.4. The number of nitrogens with zero attached hydrogens (tertiary/aromatic N) is 1. The van der Waals surface area contributed by atoms with E-state index in [1.165, 1.54) is 61.0 Å². The van der Waals surface area contributed by atoms with E-state index in [1.54, 1.807) is 0 Å². The molecule has 0 aliphatic heterocycles. The molecule has 0 amide bonds. The van der Waals surface area contributed by atoms with Gasteiger partial charge in [0.2, 0.25) is 0 Å². The van der Waals surface area contributed by atoms with Crippen molar-refractivity contribution in [2.75, 3.05) is 4.90 Å². The van der Waals surface area contributed by atoms with Crippen LogP contribution < -0.4 is 4.90 Å². The van der Waals surface area contributed by atoms with Gasteiger partial charge in [0.25, 0.3) is 0 Å². The molecule has 0 fully saturated rings. The lowest BCUT2D eigenvalue weighted by Gasteiger charge is -2.32. The van der Waals surface area contributed by atoms with Crippen molar-refractivity contribution in [3.63, 3.8) is 0 Å². The molecule has 1 aliphatic carbocycles. The minimum Gasteiger partial charge on any atom is -0.310 e. The van der Waals surface area contributed by atoms with Crippen molar-refractivity contribution in [3.8, 4) is 33.4 Å². The molecular formula is C43H33N. The highest BCUT2D eigenvalue weighted by Crippen LogP contribution is 2.54. The number of hydrogen-bond acceptors (Lipinski definition) is 1. The molecule has 0 spiro atoms. The maximum Gasteiger partial charge on any atom is 0.0508 e. The van der Waals surface area contributed by atoms with Gasteiger partial charge in [-0.05, 0) is 85.6 Å². The van der Waals surface area contributed by atoms with E-state index in [0.717, 1.165) is 11.4 Å². The van der Waals surface area contributed by atoms with Crippen LogP contribution in [0.5, 0.6) is 0 Å². The molecule has 0 bridgehead atoms. The van der Waals surface area contributed by atoms with Crippen LogP contribution in [0.15, 0.2) is 164 Å². The third-order valence-electron chi connectivity index (χ3n) is 9.24. The highest BCUT2D eigenvalue weighted by Gasteiger charge is 2.38. The van der Waals surface area contributed by atoms with E-state index in [2.05, 4.69) is 183 Å². The van der Waals surface area contributed by atoms with E-state index in [0.29, 0.717) is 0 Å². The number of benzene rings is 7. The largest absolute Gasteiger partial charge is 0.310 e. The molecule has 0 N–H and O–H groups in total. The van der Waals surface area contributed by atoms with Crippen LogP contribution in [-0.4, -0.2) is 0 Å². The molecule has 8 rings (SSSR count). The van der Waals surface area contributed by atoms with Gasteiger partial charge in [-0.25, -0.2) is 0 Å². The molecule has 0 aromatic heterocycles. The second-order valence-electron chi connectivity index (χ2n) is 12.2.